The van der Waals surface area contributed by atoms with Crippen molar-refractivity contribution in [3.63, 3.8) is 0 Å². The zero-order chi connectivity index (χ0) is 22.0. The SMILES string of the molecule is COc1ccc(C2=C(O)C(=O)N(Cc3cccc(OC)c3)[C@H]2c2ccc(Br)cc2)cc1. The Hall–Kier alpha value is -3.25. The summed E-state index contributed by atoms with van der Waals surface area (Å²) in [6.45, 7) is 0.334. The van der Waals surface area contributed by atoms with E-state index in [1.165, 1.54) is 0 Å². The lowest BCUT2D eigenvalue weighted by atomic mass is 9.93. The Morgan fingerprint density at radius 1 is 0.935 bits per heavy atom. The van der Waals surface area contributed by atoms with E-state index in [4.69, 9.17) is 9.47 Å². The summed E-state index contributed by atoms with van der Waals surface area (Å²) in [5.41, 5.74) is 3.18. The van der Waals surface area contributed by atoms with Gasteiger partial charge in [-0.3, -0.25) is 4.79 Å². The molecule has 1 heterocycles. The lowest BCUT2D eigenvalue weighted by molar-refractivity contribution is -0.130. The van der Waals surface area contributed by atoms with Crippen LogP contribution in [0.3, 0.4) is 0 Å². The van der Waals surface area contributed by atoms with Crippen LogP contribution in [-0.2, 0) is 11.3 Å². The Morgan fingerprint density at radius 2 is 1.61 bits per heavy atom. The molecule has 0 aliphatic carbocycles. The van der Waals surface area contributed by atoms with Crippen LogP contribution in [-0.4, -0.2) is 30.1 Å². The lowest BCUT2D eigenvalue weighted by Crippen LogP contribution is -2.29. The molecule has 6 heteroatoms. The zero-order valence-electron chi connectivity index (χ0n) is 17.2. The fourth-order valence-corrected chi connectivity index (χ4v) is 4.11. The van der Waals surface area contributed by atoms with Gasteiger partial charge in [-0.25, -0.2) is 0 Å². The van der Waals surface area contributed by atoms with E-state index in [0.29, 0.717) is 17.9 Å². The second-order valence-electron chi connectivity index (χ2n) is 7.23. The maximum absolute atomic E-state index is 13.2. The lowest BCUT2D eigenvalue weighted by Gasteiger charge is -2.27. The highest BCUT2D eigenvalue weighted by Crippen LogP contribution is 2.44. The minimum absolute atomic E-state index is 0.235. The molecular formula is C25H22BrNO4. The molecule has 3 aromatic rings. The van der Waals surface area contributed by atoms with E-state index in [2.05, 4.69) is 15.9 Å². The van der Waals surface area contributed by atoms with Gasteiger partial charge in [0, 0.05) is 16.6 Å². The van der Waals surface area contributed by atoms with E-state index < -0.39 is 11.9 Å². The summed E-state index contributed by atoms with van der Waals surface area (Å²) in [5, 5.41) is 10.9. The van der Waals surface area contributed by atoms with Crippen LogP contribution in [0.5, 0.6) is 11.5 Å². The third-order valence-electron chi connectivity index (χ3n) is 5.38. The fourth-order valence-electron chi connectivity index (χ4n) is 3.84. The number of carbonyl (C=O) groups is 1. The van der Waals surface area contributed by atoms with Gasteiger partial charge in [-0.15, -0.1) is 0 Å². The van der Waals surface area contributed by atoms with E-state index in [1.54, 1.807) is 19.1 Å². The van der Waals surface area contributed by atoms with Crippen LogP contribution >= 0.6 is 15.9 Å². The first kappa shape index (κ1) is 21.0. The Kier molecular flexibility index (Phi) is 6.00. The van der Waals surface area contributed by atoms with Crippen molar-refractivity contribution >= 4 is 27.4 Å². The number of rotatable bonds is 6. The second-order valence-corrected chi connectivity index (χ2v) is 8.15. The standard InChI is InChI=1S/C25H22BrNO4/c1-30-20-12-8-17(9-13-20)22-23(18-6-10-19(26)11-7-18)27(25(29)24(22)28)15-16-4-3-5-21(14-16)31-2/h3-14,23,28H,15H2,1-2H3/t23-/m0/s1. The van der Waals surface area contributed by atoms with Gasteiger partial charge >= 0.3 is 0 Å². The molecule has 158 valence electrons. The normalized spacial score (nSPS) is 16.0. The molecule has 1 N–H and O–H groups in total. The molecule has 0 spiro atoms. The van der Waals surface area contributed by atoms with Crippen LogP contribution in [0.2, 0.25) is 0 Å². The van der Waals surface area contributed by atoms with Gasteiger partial charge < -0.3 is 19.5 Å². The van der Waals surface area contributed by atoms with Gasteiger partial charge in [0.1, 0.15) is 11.5 Å². The Labute approximate surface area is 189 Å². The van der Waals surface area contributed by atoms with Crippen LogP contribution in [0.15, 0.2) is 83.0 Å². The highest BCUT2D eigenvalue weighted by Gasteiger charge is 2.41. The summed E-state index contributed by atoms with van der Waals surface area (Å²) >= 11 is 3.47. The third-order valence-corrected chi connectivity index (χ3v) is 5.91. The first-order valence-electron chi connectivity index (χ1n) is 9.78. The molecule has 0 bridgehead atoms. The minimum Gasteiger partial charge on any atom is -0.503 e. The Bertz CT molecular complexity index is 1120. The molecule has 3 aromatic carbocycles. The number of amides is 1. The quantitative estimate of drug-likeness (QED) is 0.505. The summed E-state index contributed by atoms with van der Waals surface area (Å²) in [4.78, 5) is 14.9. The fraction of sp³-hybridized carbons (Fsp3) is 0.160. The smallest absolute Gasteiger partial charge is 0.290 e. The number of methoxy groups -OCH3 is 2. The van der Waals surface area contributed by atoms with Crippen molar-refractivity contribution in [1.29, 1.82) is 0 Å². The van der Waals surface area contributed by atoms with Crippen molar-refractivity contribution in [3.8, 4) is 11.5 Å². The molecule has 1 aliphatic rings. The molecule has 0 fully saturated rings. The molecule has 1 aliphatic heterocycles. The monoisotopic (exact) mass is 479 g/mol. The topological polar surface area (TPSA) is 59.0 Å². The number of hydrogen-bond donors (Lipinski definition) is 1. The Balaban J connectivity index is 1.78. The number of aliphatic hydroxyl groups excluding tert-OH is 1. The molecule has 5 nitrogen and oxygen atoms in total. The van der Waals surface area contributed by atoms with Gasteiger partial charge in [-0.2, -0.15) is 0 Å². The third kappa shape index (κ3) is 4.16. The first-order valence-corrected chi connectivity index (χ1v) is 10.6. The van der Waals surface area contributed by atoms with Gasteiger partial charge in [0.15, 0.2) is 5.76 Å². The van der Waals surface area contributed by atoms with E-state index in [0.717, 1.165) is 26.9 Å². The summed E-state index contributed by atoms with van der Waals surface area (Å²) in [6, 6.07) is 22.3. The number of halogens is 1. The molecule has 0 radical (unpaired) electrons. The molecule has 0 unspecified atom stereocenters. The van der Waals surface area contributed by atoms with Crippen molar-refractivity contribution < 1.29 is 19.4 Å². The maximum Gasteiger partial charge on any atom is 0.290 e. The molecule has 0 saturated carbocycles. The molecule has 4 rings (SSSR count). The van der Waals surface area contributed by atoms with Crippen molar-refractivity contribution in [2.45, 2.75) is 12.6 Å². The van der Waals surface area contributed by atoms with E-state index in [9.17, 15) is 9.90 Å². The molecule has 0 aromatic heterocycles. The van der Waals surface area contributed by atoms with Crippen LogP contribution in [0.25, 0.3) is 5.57 Å². The summed E-state index contributed by atoms with van der Waals surface area (Å²) in [7, 11) is 3.21. The van der Waals surface area contributed by atoms with E-state index in [-0.39, 0.29) is 5.76 Å². The number of hydrogen-bond acceptors (Lipinski definition) is 4. The van der Waals surface area contributed by atoms with Crippen LogP contribution in [0.1, 0.15) is 22.7 Å². The number of ether oxygens (including phenoxy) is 2. The number of nitrogens with zero attached hydrogens (tertiary/aromatic N) is 1. The zero-order valence-corrected chi connectivity index (χ0v) is 18.8. The average molecular weight is 480 g/mol. The van der Waals surface area contributed by atoms with Crippen LogP contribution < -0.4 is 9.47 Å². The molecule has 0 saturated heterocycles. The summed E-state index contributed by atoms with van der Waals surface area (Å²) < 4.78 is 11.5. The largest absolute Gasteiger partial charge is 0.503 e. The van der Waals surface area contributed by atoms with Gasteiger partial charge in [-0.1, -0.05) is 52.3 Å². The Morgan fingerprint density at radius 3 is 2.26 bits per heavy atom. The first-order chi connectivity index (χ1) is 15.0. The van der Waals surface area contributed by atoms with Crippen molar-refractivity contribution in [3.05, 3.63) is 99.7 Å². The highest BCUT2D eigenvalue weighted by molar-refractivity contribution is 9.10. The number of aliphatic hydroxyl groups is 1. The second kappa shape index (κ2) is 8.86. The van der Waals surface area contributed by atoms with E-state index >= 15 is 0 Å². The number of benzene rings is 3. The van der Waals surface area contributed by atoms with Gasteiger partial charge in [0.2, 0.25) is 0 Å². The van der Waals surface area contributed by atoms with Gasteiger partial charge in [0.05, 0.1) is 20.3 Å². The average Bonchev–Trinajstić information content (AvgIpc) is 3.05. The van der Waals surface area contributed by atoms with E-state index in [1.807, 2.05) is 72.8 Å². The predicted molar refractivity (Wildman–Crippen MR) is 123 cm³/mol. The summed E-state index contributed by atoms with van der Waals surface area (Å²) in [5.74, 6) is 0.793. The summed E-state index contributed by atoms with van der Waals surface area (Å²) in [6.07, 6.45) is 0. The molecule has 1 atom stereocenters. The minimum atomic E-state index is -0.430. The van der Waals surface area contributed by atoms with Crippen LogP contribution in [0, 0.1) is 0 Å². The number of carbonyl (C=O) groups excluding carboxylic acids is 1. The van der Waals surface area contributed by atoms with Crippen molar-refractivity contribution in [2.75, 3.05) is 14.2 Å². The van der Waals surface area contributed by atoms with Gasteiger partial charge in [0.25, 0.3) is 5.91 Å². The molecular weight excluding hydrogens is 458 g/mol. The molecule has 31 heavy (non-hydrogen) atoms. The van der Waals surface area contributed by atoms with Crippen molar-refractivity contribution in [2.24, 2.45) is 0 Å². The predicted octanol–water partition coefficient (Wildman–Crippen LogP) is 5.52. The maximum atomic E-state index is 13.2. The van der Waals surface area contributed by atoms with Crippen LogP contribution in [0.4, 0.5) is 0 Å². The molecule has 1 amide bonds. The van der Waals surface area contributed by atoms with Crippen molar-refractivity contribution in [1.82, 2.24) is 4.90 Å². The highest BCUT2D eigenvalue weighted by atomic mass is 79.9. The van der Waals surface area contributed by atoms with Gasteiger partial charge in [-0.05, 0) is 53.1 Å².